The van der Waals surface area contributed by atoms with Crippen molar-refractivity contribution in [2.24, 2.45) is 5.73 Å². The molecule has 1 fully saturated rings. The van der Waals surface area contributed by atoms with Gasteiger partial charge in [0.05, 0.1) is 18.7 Å². The Labute approximate surface area is 131 Å². The summed E-state index contributed by atoms with van der Waals surface area (Å²) in [5.41, 5.74) is 5.76. The Morgan fingerprint density at radius 2 is 2.23 bits per heavy atom. The highest BCUT2D eigenvalue weighted by atomic mass is 32.1. The minimum atomic E-state index is -0.560. The fourth-order valence-electron chi connectivity index (χ4n) is 2.31. The molecule has 2 amide bonds. The summed E-state index contributed by atoms with van der Waals surface area (Å²) in [5.74, 6) is -0.725. The lowest BCUT2D eigenvalue weighted by Gasteiger charge is -2.32. The molecule has 0 radical (unpaired) electrons. The molecule has 1 atom stereocenters. The summed E-state index contributed by atoms with van der Waals surface area (Å²) >= 11 is 1.61. The molecule has 1 unspecified atom stereocenters. The third kappa shape index (κ3) is 3.00. The van der Waals surface area contributed by atoms with Crippen LogP contribution in [0.1, 0.15) is 31.8 Å². The molecule has 0 spiro atoms. The number of nitrogens with two attached hydrogens (primary N) is 1. The van der Waals surface area contributed by atoms with Crippen molar-refractivity contribution in [1.29, 1.82) is 0 Å². The molecular weight excluding hydrogens is 302 g/mol. The van der Waals surface area contributed by atoms with E-state index in [0.717, 1.165) is 4.88 Å². The fraction of sp³-hybridized carbons (Fsp3) is 0.267. The molecule has 6 nitrogen and oxygen atoms in total. The Morgan fingerprint density at radius 3 is 2.86 bits per heavy atom. The molecule has 7 heteroatoms. The fourth-order valence-corrected chi connectivity index (χ4v) is 3.07. The summed E-state index contributed by atoms with van der Waals surface area (Å²) in [6.07, 6.45) is 1.23. The maximum Gasteiger partial charge on any atom is 0.272 e. The molecule has 114 valence electrons. The standard InChI is InChI=1S/C15H15N3O3S/c16-14(19)10-3-4-11(17-8-10)15(20)18-5-6-21-12(9-18)13-2-1-7-22-13/h1-4,7-8,12H,5-6,9H2,(H2,16,19). The van der Waals surface area contributed by atoms with E-state index in [-0.39, 0.29) is 17.6 Å². The van der Waals surface area contributed by atoms with E-state index in [1.54, 1.807) is 16.2 Å². The number of nitrogens with zero attached hydrogens (tertiary/aromatic N) is 2. The van der Waals surface area contributed by atoms with Gasteiger partial charge in [0.25, 0.3) is 5.91 Å². The molecule has 2 N–H and O–H groups in total. The quantitative estimate of drug-likeness (QED) is 0.928. The largest absolute Gasteiger partial charge is 0.369 e. The number of carbonyl (C=O) groups is 2. The molecule has 1 aliphatic heterocycles. The number of hydrogen-bond acceptors (Lipinski definition) is 5. The second-order valence-corrected chi connectivity index (χ2v) is 5.90. The van der Waals surface area contributed by atoms with Crippen LogP contribution in [0.2, 0.25) is 0 Å². The summed E-state index contributed by atoms with van der Waals surface area (Å²) in [7, 11) is 0. The first-order chi connectivity index (χ1) is 10.6. The van der Waals surface area contributed by atoms with Crippen molar-refractivity contribution >= 4 is 23.2 Å². The van der Waals surface area contributed by atoms with Crippen LogP contribution in [0.5, 0.6) is 0 Å². The van der Waals surface area contributed by atoms with Crippen molar-refractivity contribution in [2.45, 2.75) is 6.10 Å². The third-order valence-corrected chi connectivity index (χ3v) is 4.45. The molecule has 1 aliphatic rings. The minimum absolute atomic E-state index is 0.0948. The van der Waals surface area contributed by atoms with Gasteiger partial charge in [-0.2, -0.15) is 0 Å². The van der Waals surface area contributed by atoms with Crippen LogP contribution in [0.3, 0.4) is 0 Å². The number of ether oxygens (including phenoxy) is 1. The van der Waals surface area contributed by atoms with Gasteiger partial charge in [0.2, 0.25) is 5.91 Å². The van der Waals surface area contributed by atoms with E-state index >= 15 is 0 Å². The monoisotopic (exact) mass is 317 g/mol. The van der Waals surface area contributed by atoms with Crippen LogP contribution in [0, 0.1) is 0 Å². The lowest BCUT2D eigenvalue weighted by Crippen LogP contribution is -2.42. The highest BCUT2D eigenvalue weighted by Crippen LogP contribution is 2.26. The smallest absolute Gasteiger partial charge is 0.272 e. The predicted octanol–water partition coefficient (Wildman–Crippen LogP) is 1.46. The molecule has 0 aromatic carbocycles. The maximum absolute atomic E-state index is 12.5. The van der Waals surface area contributed by atoms with Crippen molar-refractivity contribution < 1.29 is 14.3 Å². The van der Waals surface area contributed by atoms with E-state index in [1.165, 1.54) is 18.3 Å². The van der Waals surface area contributed by atoms with Crippen LogP contribution in [-0.2, 0) is 4.74 Å². The summed E-state index contributed by atoms with van der Waals surface area (Å²) in [5, 5.41) is 1.99. The van der Waals surface area contributed by atoms with Crippen molar-refractivity contribution in [3.8, 4) is 0 Å². The molecule has 2 aromatic heterocycles. The van der Waals surface area contributed by atoms with Crippen LogP contribution in [0.25, 0.3) is 0 Å². The highest BCUT2D eigenvalue weighted by molar-refractivity contribution is 7.10. The predicted molar refractivity (Wildman–Crippen MR) is 81.7 cm³/mol. The van der Waals surface area contributed by atoms with E-state index in [4.69, 9.17) is 10.5 Å². The van der Waals surface area contributed by atoms with Crippen LogP contribution in [-0.4, -0.2) is 41.4 Å². The average molecular weight is 317 g/mol. The minimum Gasteiger partial charge on any atom is -0.369 e. The zero-order valence-electron chi connectivity index (χ0n) is 11.8. The van der Waals surface area contributed by atoms with Gasteiger partial charge in [-0.15, -0.1) is 11.3 Å². The second kappa shape index (κ2) is 6.25. The number of primary amides is 1. The number of hydrogen-bond donors (Lipinski definition) is 1. The van der Waals surface area contributed by atoms with E-state index in [9.17, 15) is 9.59 Å². The number of morpholine rings is 1. The van der Waals surface area contributed by atoms with Crippen molar-refractivity contribution in [3.05, 3.63) is 52.0 Å². The van der Waals surface area contributed by atoms with Crippen molar-refractivity contribution in [1.82, 2.24) is 9.88 Å². The molecule has 22 heavy (non-hydrogen) atoms. The second-order valence-electron chi connectivity index (χ2n) is 4.92. The highest BCUT2D eigenvalue weighted by Gasteiger charge is 2.27. The molecule has 0 bridgehead atoms. The van der Waals surface area contributed by atoms with Gasteiger partial charge in [0.1, 0.15) is 11.8 Å². The van der Waals surface area contributed by atoms with E-state index in [2.05, 4.69) is 4.98 Å². The first kappa shape index (κ1) is 14.7. The van der Waals surface area contributed by atoms with Crippen molar-refractivity contribution in [3.63, 3.8) is 0 Å². The number of pyridine rings is 1. The molecule has 2 aromatic rings. The van der Waals surface area contributed by atoms with Gasteiger partial charge < -0.3 is 15.4 Å². The molecule has 1 saturated heterocycles. The van der Waals surface area contributed by atoms with Crippen LogP contribution in [0.15, 0.2) is 35.8 Å². The topological polar surface area (TPSA) is 85.5 Å². The lowest BCUT2D eigenvalue weighted by atomic mass is 10.2. The van der Waals surface area contributed by atoms with E-state index in [1.807, 2.05) is 17.5 Å². The van der Waals surface area contributed by atoms with Gasteiger partial charge >= 0.3 is 0 Å². The molecule has 0 aliphatic carbocycles. The normalized spacial score (nSPS) is 18.2. The van der Waals surface area contributed by atoms with Gasteiger partial charge in [-0.05, 0) is 23.6 Å². The average Bonchev–Trinajstić information content (AvgIpc) is 3.09. The van der Waals surface area contributed by atoms with E-state index < -0.39 is 5.91 Å². The van der Waals surface area contributed by atoms with Crippen LogP contribution >= 0.6 is 11.3 Å². The zero-order chi connectivity index (χ0) is 15.5. The summed E-state index contributed by atoms with van der Waals surface area (Å²) < 4.78 is 5.72. The summed E-state index contributed by atoms with van der Waals surface area (Å²) in [6, 6.07) is 7.01. The van der Waals surface area contributed by atoms with Crippen LogP contribution < -0.4 is 5.73 Å². The van der Waals surface area contributed by atoms with Crippen LogP contribution in [0.4, 0.5) is 0 Å². The van der Waals surface area contributed by atoms with Gasteiger partial charge in [0, 0.05) is 17.6 Å². The van der Waals surface area contributed by atoms with E-state index in [0.29, 0.717) is 25.4 Å². The third-order valence-electron chi connectivity index (χ3n) is 3.48. The first-order valence-corrected chi connectivity index (χ1v) is 7.73. The number of thiophene rings is 1. The number of rotatable bonds is 3. The Balaban J connectivity index is 1.72. The summed E-state index contributed by atoms with van der Waals surface area (Å²) in [6.45, 7) is 1.52. The molecule has 3 heterocycles. The molecule has 3 rings (SSSR count). The van der Waals surface area contributed by atoms with Gasteiger partial charge in [-0.25, -0.2) is 0 Å². The first-order valence-electron chi connectivity index (χ1n) is 6.85. The van der Waals surface area contributed by atoms with Gasteiger partial charge in [-0.1, -0.05) is 6.07 Å². The number of amides is 2. The Morgan fingerprint density at radius 1 is 1.36 bits per heavy atom. The zero-order valence-corrected chi connectivity index (χ0v) is 12.6. The van der Waals surface area contributed by atoms with Gasteiger partial charge in [0.15, 0.2) is 0 Å². The van der Waals surface area contributed by atoms with Crippen molar-refractivity contribution in [2.75, 3.05) is 19.7 Å². The Hall–Kier alpha value is -2.25. The van der Waals surface area contributed by atoms with Gasteiger partial charge in [-0.3, -0.25) is 14.6 Å². The molecular formula is C15H15N3O3S. The Bertz CT molecular complexity index is 670. The molecule has 0 saturated carbocycles. The lowest BCUT2D eigenvalue weighted by molar-refractivity contribution is -0.0213. The number of carbonyl (C=O) groups excluding carboxylic acids is 2. The maximum atomic E-state index is 12.5. The number of aromatic nitrogens is 1. The Kier molecular flexibility index (Phi) is 4.17. The summed E-state index contributed by atoms with van der Waals surface area (Å²) in [4.78, 5) is 30.4. The SMILES string of the molecule is NC(=O)c1ccc(C(=O)N2CCOC(c3cccs3)C2)nc1.